The molecule has 0 aromatic carbocycles. The molecule has 0 radical (unpaired) electrons. The zero-order chi connectivity index (χ0) is 16.9. The zero-order valence-electron chi connectivity index (χ0n) is 14.2. The summed E-state index contributed by atoms with van der Waals surface area (Å²) in [6.45, 7) is 6.66. The van der Waals surface area contributed by atoms with E-state index in [0.29, 0.717) is 18.3 Å². The third-order valence-corrected chi connectivity index (χ3v) is 4.44. The number of hydrogen-bond donors (Lipinski definition) is 0. The Labute approximate surface area is 141 Å². The van der Waals surface area contributed by atoms with Crippen molar-refractivity contribution in [2.75, 3.05) is 19.6 Å². The molecular formula is C17H23N5O2. The predicted octanol–water partition coefficient (Wildman–Crippen LogP) is 1.44. The number of carbonyl (C=O) groups excluding carboxylic acids is 1. The lowest BCUT2D eigenvalue weighted by atomic mass is 10.2. The van der Waals surface area contributed by atoms with Crippen LogP contribution in [0.5, 0.6) is 0 Å². The first-order valence-corrected chi connectivity index (χ1v) is 8.29. The van der Waals surface area contributed by atoms with Gasteiger partial charge in [-0.05, 0) is 30.5 Å². The number of amides is 1. The second-order valence-electron chi connectivity index (χ2n) is 6.23. The van der Waals surface area contributed by atoms with Gasteiger partial charge in [0.2, 0.25) is 11.8 Å². The van der Waals surface area contributed by atoms with Crippen LogP contribution in [-0.2, 0) is 17.8 Å². The van der Waals surface area contributed by atoms with Crippen LogP contribution in [0.4, 0.5) is 0 Å². The Morgan fingerprint density at radius 1 is 1.42 bits per heavy atom. The van der Waals surface area contributed by atoms with Crippen LogP contribution in [0.25, 0.3) is 0 Å². The topological polar surface area (TPSA) is 75.4 Å². The van der Waals surface area contributed by atoms with Crippen molar-refractivity contribution in [3.8, 4) is 0 Å². The van der Waals surface area contributed by atoms with E-state index in [2.05, 4.69) is 20.0 Å². The van der Waals surface area contributed by atoms with Gasteiger partial charge in [-0.25, -0.2) is 0 Å². The van der Waals surface area contributed by atoms with Crippen molar-refractivity contribution in [1.82, 2.24) is 24.9 Å². The maximum absolute atomic E-state index is 12.0. The Hall–Kier alpha value is -2.28. The fraction of sp³-hybridized carbons (Fsp3) is 0.529. The summed E-state index contributed by atoms with van der Waals surface area (Å²) in [5.74, 6) is 1.15. The first-order chi connectivity index (χ1) is 11.6. The molecule has 24 heavy (non-hydrogen) atoms. The molecule has 7 heteroatoms. The number of rotatable bonds is 6. The van der Waals surface area contributed by atoms with Crippen LogP contribution in [0.1, 0.15) is 30.6 Å². The van der Waals surface area contributed by atoms with Gasteiger partial charge in [0.05, 0.1) is 6.54 Å². The smallest absolute Gasteiger partial charge is 0.223 e. The summed E-state index contributed by atoms with van der Waals surface area (Å²) < 4.78 is 5.00. The van der Waals surface area contributed by atoms with Gasteiger partial charge in [0, 0.05) is 51.9 Å². The zero-order valence-corrected chi connectivity index (χ0v) is 14.2. The number of likely N-dealkylation sites (tertiary alicyclic amines) is 1. The van der Waals surface area contributed by atoms with E-state index in [1.165, 1.54) is 5.56 Å². The molecule has 7 nitrogen and oxygen atoms in total. The fourth-order valence-corrected chi connectivity index (χ4v) is 3.16. The van der Waals surface area contributed by atoms with E-state index in [0.717, 1.165) is 32.5 Å². The van der Waals surface area contributed by atoms with Gasteiger partial charge in [0.25, 0.3) is 0 Å². The van der Waals surface area contributed by atoms with Crippen molar-refractivity contribution in [3.63, 3.8) is 0 Å². The molecule has 0 bridgehead atoms. The lowest BCUT2D eigenvalue weighted by molar-refractivity contribution is -0.131. The maximum Gasteiger partial charge on any atom is 0.223 e. The molecule has 2 aromatic rings. The quantitative estimate of drug-likeness (QED) is 0.798. The number of hydrogen-bond acceptors (Lipinski definition) is 6. The van der Waals surface area contributed by atoms with E-state index in [1.54, 1.807) is 13.8 Å². The SMILES string of the molecule is CC(=O)N(Cc1noc(C)n1)[C@H]1CCN(CCc2ccncc2)C1. The molecule has 1 saturated heterocycles. The van der Waals surface area contributed by atoms with Crippen molar-refractivity contribution in [2.45, 2.75) is 39.3 Å². The van der Waals surface area contributed by atoms with E-state index in [-0.39, 0.29) is 11.9 Å². The molecular weight excluding hydrogens is 306 g/mol. The normalized spacial score (nSPS) is 18.0. The van der Waals surface area contributed by atoms with Gasteiger partial charge >= 0.3 is 0 Å². The second-order valence-corrected chi connectivity index (χ2v) is 6.23. The third kappa shape index (κ3) is 4.17. The summed E-state index contributed by atoms with van der Waals surface area (Å²) in [6.07, 6.45) is 5.63. The second kappa shape index (κ2) is 7.53. The summed E-state index contributed by atoms with van der Waals surface area (Å²) in [5, 5.41) is 3.90. The van der Waals surface area contributed by atoms with E-state index in [9.17, 15) is 4.79 Å². The minimum absolute atomic E-state index is 0.0541. The predicted molar refractivity (Wildman–Crippen MR) is 88.0 cm³/mol. The molecule has 3 heterocycles. The van der Waals surface area contributed by atoms with Gasteiger partial charge in [0.1, 0.15) is 0 Å². The first kappa shape index (κ1) is 16.6. The minimum atomic E-state index is 0.0541. The average molecular weight is 329 g/mol. The Morgan fingerprint density at radius 3 is 2.88 bits per heavy atom. The maximum atomic E-state index is 12.0. The van der Waals surface area contributed by atoms with Crippen LogP contribution < -0.4 is 0 Å². The molecule has 1 amide bonds. The molecule has 1 aliphatic heterocycles. The highest BCUT2D eigenvalue weighted by molar-refractivity contribution is 5.73. The Balaban J connectivity index is 1.55. The molecule has 1 aliphatic rings. The molecule has 0 saturated carbocycles. The molecule has 3 rings (SSSR count). The summed E-state index contributed by atoms with van der Waals surface area (Å²) in [4.78, 5) is 24.6. The summed E-state index contributed by atoms with van der Waals surface area (Å²) in [5.41, 5.74) is 1.29. The van der Waals surface area contributed by atoms with Gasteiger partial charge in [-0.3, -0.25) is 9.78 Å². The number of nitrogens with zero attached hydrogens (tertiary/aromatic N) is 5. The molecule has 2 aromatic heterocycles. The van der Waals surface area contributed by atoms with Crippen LogP contribution in [0.2, 0.25) is 0 Å². The lowest BCUT2D eigenvalue weighted by Crippen LogP contribution is -2.40. The van der Waals surface area contributed by atoms with Crippen molar-refractivity contribution >= 4 is 5.91 Å². The molecule has 0 aliphatic carbocycles. The summed E-state index contributed by atoms with van der Waals surface area (Å²) in [6, 6.07) is 4.31. The molecule has 1 atom stereocenters. The molecule has 0 spiro atoms. The van der Waals surface area contributed by atoms with E-state index in [1.807, 2.05) is 29.4 Å². The lowest BCUT2D eigenvalue weighted by Gasteiger charge is -2.27. The van der Waals surface area contributed by atoms with Crippen LogP contribution >= 0.6 is 0 Å². The first-order valence-electron chi connectivity index (χ1n) is 8.29. The number of pyridine rings is 1. The minimum Gasteiger partial charge on any atom is -0.340 e. The van der Waals surface area contributed by atoms with Crippen LogP contribution in [0.3, 0.4) is 0 Å². The average Bonchev–Trinajstić information content (AvgIpc) is 3.20. The largest absolute Gasteiger partial charge is 0.340 e. The van der Waals surface area contributed by atoms with E-state index >= 15 is 0 Å². The van der Waals surface area contributed by atoms with E-state index in [4.69, 9.17) is 4.52 Å². The summed E-state index contributed by atoms with van der Waals surface area (Å²) in [7, 11) is 0. The van der Waals surface area contributed by atoms with Crippen molar-refractivity contribution in [1.29, 1.82) is 0 Å². The summed E-state index contributed by atoms with van der Waals surface area (Å²) >= 11 is 0. The van der Waals surface area contributed by atoms with Crippen molar-refractivity contribution in [3.05, 3.63) is 41.8 Å². The van der Waals surface area contributed by atoms with E-state index < -0.39 is 0 Å². The third-order valence-electron chi connectivity index (χ3n) is 4.44. The highest BCUT2D eigenvalue weighted by Crippen LogP contribution is 2.18. The highest BCUT2D eigenvalue weighted by Gasteiger charge is 2.29. The van der Waals surface area contributed by atoms with Gasteiger partial charge in [0.15, 0.2) is 5.82 Å². The number of carbonyl (C=O) groups is 1. The molecule has 0 N–H and O–H groups in total. The number of aryl methyl sites for hydroxylation is 1. The Kier molecular flexibility index (Phi) is 5.20. The van der Waals surface area contributed by atoms with Gasteiger partial charge < -0.3 is 14.3 Å². The highest BCUT2D eigenvalue weighted by atomic mass is 16.5. The molecule has 0 unspecified atom stereocenters. The standard InChI is InChI=1S/C17H23N5O2/c1-13-19-17(20-24-13)12-22(14(2)23)16-6-10-21(11-16)9-5-15-3-7-18-8-4-15/h3-4,7-8,16H,5-6,9-12H2,1-2H3/t16-/m0/s1. The van der Waals surface area contributed by atoms with Crippen LogP contribution in [-0.4, -0.2) is 56.5 Å². The van der Waals surface area contributed by atoms with Crippen LogP contribution in [0, 0.1) is 6.92 Å². The van der Waals surface area contributed by atoms with Crippen molar-refractivity contribution in [2.24, 2.45) is 0 Å². The van der Waals surface area contributed by atoms with Gasteiger partial charge in [-0.2, -0.15) is 4.98 Å². The van der Waals surface area contributed by atoms with Crippen molar-refractivity contribution < 1.29 is 9.32 Å². The Bertz CT molecular complexity index is 673. The Morgan fingerprint density at radius 2 is 2.21 bits per heavy atom. The monoisotopic (exact) mass is 329 g/mol. The van der Waals surface area contributed by atoms with Gasteiger partial charge in [-0.15, -0.1) is 0 Å². The van der Waals surface area contributed by atoms with Gasteiger partial charge in [-0.1, -0.05) is 5.16 Å². The molecule has 128 valence electrons. The number of aromatic nitrogens is 3. The van der Waals surface area contributed by atoms with Crippen LogP contribution in [0.15, 0.2) is 29.0 Å². The fourth-order valence-electron chi connectivity index (χ4n) is 3.16. The molecule has 1 fully saturated rings.